The van der Waals surface area contributed by atoms with Gasteiger partial charge in [0.1, 0.15) is 5.82 Å². The number of benzene rings is 2. The topological polar surface area (TPSA) is 28.7 Å². The SMILES string of the molecule is Cc1ccc(-c2cnc(Cc3cccc(Cl)c3)[nH]2)cc1. The van der Waals surface area contributed by atoms with E-state index in [0.29, 0.717) is 0 Å². The third-order valence-corrected chi connectivity index (χ3v) is 3.49. The number of aromatic nitrogens is 2. The zero-order valence-corrected chi connectivity index (χ0v) is 12.0. The number of imidazole rings is 1. The van der Waals surface area contributed by atoms with E-state index in [-0.39, 0.29) is 0 Å². The third-order valence-electron chi connectivity index (χ3n) is 3.25. The lowest BCUT2D eigenvalue weighted by Crippen LogP contribution is -1.90. The van der Waals surface area contributed by atoms with Crippen molar-refractivity contribution < 1.29 is 0 Å². The van der Waals surface area contributed by atoms with Gasteiger partial charge in [-0.15, -0.1) is 0 Å². The smallest absolute Gasteiger partial charge is 0.110 e. The van der Waals surface area contributed by atoms with Gasteiger partial charge in [-0.3, -0.25) is 0 Å². The van der Waals surface area contributed by atoms with Crippen molar-refractivity contribution in [3.8, 4) is 11.3 Å². The van der Waals surface area contributed by atoms with Crippen molar-refractivity contribution in [1.82, 2.24) is 9.97 Å². The van der Waals surface area contributed by atoms with Gasteiger partial charge in [-0.1, -0.05) is 53.6 Å². The molecule has 0 saturated heterocycles. The Hall–Kier alpha value is -2.06. The predicted octanol–water partition coefficient (Wildman–Crippen LogP) is 4.63. The average molecular weight is 283 g/mol. The highest BCUT2D eigenvalue weighted by molar-refractivity contribution is 6.30. The summed E-state index contributed by atoms with van der Waals surface area (Å²) >= 11 is 6.00. The van der Waals surface area contributed by atoms with E-state index in [9.17, 15) is 0 Å². The highest BCUT2D eigenvalue weighted by Gasteiger charge is 2.04. The number of hydrogen-bond donors (Lipinski definition) is 1. The van der Waals surface area contributed by atoms with E-state index < -0.39 is 0 Å². The van der Waals surface area contributed by atoms with E-state index in [0.717, 1.165) is 34.1 Å². The average Bonchev–Trinajstić information content (AvgIpc) is 2.88. The van der Waals surface area contributed by atoms with Gasteiger partial charge in [0, 0.05) is 11.4 Å². The lowest BCUT2D eigenvalue weighted by atomic mass is 10.1. The molecule has 0 atom stereocenters. The molecule has 0 saturated carbocycles. The van der Waals surface area contributed by atoms with Gasteiger partial charge in [0.2, 0.25) is 0 Å². The first-order valence-electron chi connectivity index (χ1n) is 6.56. The van der Waals surface area contributed by atoms with Crippen molar-refractivity contribution in [2.45, 2.75) is 13.3 Å². The van der Waals surface area contributed by atoms with Crippen LogP contribution in [-0.4, -0.2) is 9.97 Å². The van der Waals surface area contributed by atoms with Crippen molar-refractivity contribution in [3.05, 3.63) is 76.7 Å². The van der Waals surface area contributed by atoms with Gasteiger partial charge in [-0.05, 0) is 30.2 Å². The number of nitrogens with zero attached hydrogens (tertiary/aromatic N) is 1. The molecule has 1 aromatic heterocycles. The van der Waals surface area contributed by atoms with E-state index in [1.165, 1.54) is 5.56 Å². The number of H-pyrrole nitrogens is 1. The zero-order chi connectivity index (χ0) is 13.9. The Morgan fingerprint density at radius 1 is 1.10 bits per heavy atom. The Morgan fingerprint density at radius 3 is 2.65 bits per heavy atom. The minimum Gasteiger partial charge on any atom is -0.342 e. The molecule has 3 heteroatoms. The summed E-state index contributed by atoms with van der Waals surface area (Å²) in [6.07, 6.45) is 2.64. The quantitative estimate of drug-likeness (QED) is 0.745. The molecule has 0 fully saturated rings. The first kappa shape index (κ1) is 12.9. The lowest BCUT2D eigenvalue weighted by Gasteiger charge is -2.00. The fourth-order valence-electron chi connectivity index (χ4n) is 2.17. The molecule has 100 valence electrons. The fourth-order valence-corrected chi connectivity index (χ4v) is 2.39. The second-order valence-electron chi connectivity index (χ2n) is 4.92. The van der Waals surface area contributed by atoms with Crippen LogP contribution in [-0.2, 0) is 6.42 Å². The van der Waals surface area contributed by atoms with E-state index in [2.05, 4.69) is 47.2 Å². The number of nitrogens with one attached hydrogen (secondary N) is 1. The summed E-state index contributed by atoms with van der Waals surface area (Å²) in [7, 11) is 0. The Kier molecular flexibility index (Phi) is 3.57. The van der Waals surface area contributed by atoms with Crippen LogP contribution >= 0.6 is 11.6 Å². The maximum absolute atomic E-state index is 6.00. The molecular weight excluding hydrogens is 268 g/mol. The molecule has 0 aliphatic carbocycles. The van der Waals surface area contributed by atoms with Crippen LogP contribution in [0.5, 0.6) is 0 Å². The molecule has 0 spiro atoms. The van der Waals surface area contributed by atoms with Gasteiger partial charge in [0.25, 0.3) is 0 Å². The maximum atomic E-state index is 6.00. The van der Waals surface area contributed by atoms with Crippen molar-refractivity contribution in [2.75, 3.05) is 0 Å². The van der Waals surface area contributed by atoms with Crippen molar-refractivity contribution in [3.63, 3.8) is 0 Å². The number of aromatic amines is 1. The summed E-state index contributed by atoms with van der Waals surface area (Å²) in [5, 5.41) is 0.757. The molecule has 0 radical (unpaired) electrons. The van der Waals surface area contributed by atoms with Gasteiger partial charge in [0.15, 0.2) is 0 Å². The summed E-state index contributed by atoms with van der Waals surface area (Å²) < 4.78 is 0. The fraction of sp³-hybridized carbons (Fsp3) is 0.118. The summed E-state index contributed by atoms with van der Waals surface area (Å²) in [6.45, 7) is 2.08. The minimum atomic E-state index is 0.756. The number of rotatable bonds is 3. The van der Waals surface area contributed by atoms with E-state index in [1.807, 2.05) is 24.4 Å². The van der Waals surface area contributed by atoms with E-state index >= 15 is 0 Å². The number of hydrogen-bond acceptors (Lipinski definition) is 1. The van der Waals surface area contributed by atoms with Crippen molar-refractivity contribution >= 4 is 11.6 Å². The second-order valence-corrected chi connectivity index (χ2v) is 5.35. The monoisotopic (exact) mass is 282 g/mol. The highest BCUT2D eigenvalue weighted by atomic mass is 35.5. The van der Waals surface area contributed by atoms with Gasteiger partial charge in [-0.25, -0.2) is 4.98 Å². The van der Waals surface area contributed by atoms with Gasteiger partial charge in [0.05, 0.1) is 11.9 Å². The molecule has 0 bridgehead atoms. The molecule has 0 unspecified atom stereocenters. The van der Waals surface area contributed by atoms with Crippen LogP contribution in [0.3, 0.4) is 0 Å². The van der Waals surface area contributed by atoms with Gasteiger partial charge in [-0.2, -0.15) is 0 Å². The van der Waals surface area contributed by atoms with Crippen molar-refractivity contribution in [2.24, 2.45) is 0 Å². The standard InChI is InChI=1S/C17H15ClN2/c1-12-5-7-14(8-6-12)16-11-19-17(20-16)10-13-3-2-4-15(18)9-13/h2-9,11H,10H2,1H3,(H,19,20). The zero-order valence-electron chi connectivity index (χ0n) is 11.2. The lowest BCUT2D eigenvalue weighted by molar-refractivity contribution is 1.03. The highest BCUT2D eigenvalue weighted by Crippen LogP contribution is 2.19. The Balaban J connectivity index is 1.82. The Bertz CT molecular complexity index is 714. The normalized spacial score (nSPS) is 10.7. The van der Waals surface area contributed by atoms with Crippen LogP contribution < -0.4 is 0 Å². The second kappa shape index (κ2) is 5.51. The van der Waals surface area contributed by atoms with Crippen LogP contribution in [0.25, 0.3) is 11.3 Å². The van der Waals surface area contributed by atoms with E-state index in [4.69, 9.17) is 11.6 Å². The minimum absolute atomic E-state index is 0.756. The summed E-state index contributed by atoms with van der Waals surface area (Å²) in [5.74, 6) is 0.947. The van der Waals surface area contributed by atoms with Crippen LogP contribution in [0, 0.1) is 6.92 Å². The number of halogens is 1. The largest absolute Gasteiger partial charge is 0.342 e. The molecule has 0 aliphatic rings. The molecule has 3 rings (SSSR count). The summed E-state index contributed by atoms with van der Waals surface area (Å²) in [6, 6.07) is 16.3. The Morgan fingerprint density at radius 2 is 1.90 bits per heavy atom. The van der Waals surface area contributed by atoms with Crippen molar-refractivity contribution in [1.29, 1.82) is 0 Å². The third kappa shape index (κ3) is 2.91. The molecule has 0 amide bonds. The first-order chi connectivity index (χ1) is 9.70. The van der Waals surface area contributed by atoms with Gasteiger partial charge < -0.3 is 4.98 Å². The summed E-state index contributed by atoms with van der Waals surface area (Å²) in [5.41, 5.74) is 4.61. The van der Waals surface area contributed by atoms with Crippen LogP contribution in [0.2, 0.25) is 5.02 Å². The number of aryl methyl sites for hydroxylation is 1. The molecular formula is C17H15ClN2. The van der Waals surface area contributed by atoms with Crippen LogP contribution in [0.4, 0.5) is 0 Å². The molecule has 1 N–H and O–H groups in total. The molecule has 2 aromatic carbocycles. The molecule has 2 nitrogen and oxygen atoms in total. The van der Waals surface area contributed by atoms with Gasteiger partial charge >= 0.3 is 0 Å². The predicted molar refractivity (Wildman–Crippen MR) is 83.0 cm³/mol. The molecule has 3 aromatic rings. The van der Waals surface area contributed by atoms with Crippen LogP contribution in [0.1, 0.15) is 17.0 Å². The van der Waals surface area contributed by atoms with Crippen LogP contribution in [0.15, 0.2) is 54.7 Å². The summed E-state index contributed by atoms with van der Waals surface area (Å²) in [4.78, 5) is 7.80. The first-order valence-corrected chi connectivity index (χ1v) is 6.94. The molecule has 1 heterocycles. The molecule has 0 aliphatic heterocycles. The van der Waals surface area contributed by atoms with E-state index in [1.54, 1.807) is 0 Å². The molecule has 20 heavy (non-hydrogen) atoms. The maximum Gasteiger partial charge on any atom is 0.110 e. The Labute approximate surface area is 123 Å².